The fourth-order valence-electron chi connectivity index (χ4n) is 1.77. The van der Waals surface area contributed by atoms with Gasteiger partial charge in [-0.15, -0.1) is 0 Å². The van der Waals surface area contributed by atoms with Gasteiger partial charge in [-0.25, -0.2) is 0 Å². The van der Waals surface area contributed by atoms with Crippen LogP contribution in [0.3, 0.4) is 0 Å². The number of pyridine rings is 1. The second-order valence-corrected chi connectivity index (χ2v) is 4.19. The zero-order chi connectivity index (χ0) is 12.3. The van der Waals surface area contributed by atoms with Crippen LogP contribution in [0.1, 0.15) is 10.4 Å². The van der Waals surface area contributed by atoms with E-state index in [4.69, 9.17) is 0 Å². The Morgan fingerprint density at radius 1 is 1.18 bits per heavy atom. The summed E-state index contributed by atoms with van der Waals surface area (Å²) in [6.45, 7) is 2.16. The third kappa shape index (κ3) is 2.76. The van der Waals surface area contributed by atoms with Crippen molar-refractivity contribution in [2.24, 2.45) is 0 Å². The summed E-state index contributed by atoms with van der Waals surface area (Å²) >= 11 is 3.77. The molecule has 1 aromatic rings. The summed E-state index contributed by atoms with van der Waals surface area (Å²) in [6.07, 6.45) is 3.19. The molecule has 0 radical (unpaired) electrons. The average molecular weight is 251 g/mol. The van der Waals surface area contributed by atoms with Crippen molar-refractivity contribution in [3.05, 3.63) is 30.1 Å². The Balaban J connectivity index is 1.98. The third-order valence-corrected chi connectivity index (χ3v) is 3.03. The number of thiol groups is 1. The molecule has 1 fully saturated rings. The standard InChI is InChI=1S/C11H13N3O2S/c15-10(9-2-1-3-12-8-9)13-4-6-14(7-5-13)11(16)17/h1-3,8H,4-7H2,(H,16,17). The third-order valence-electron chi connectivity index (χ3n) is 2.75. The van der Waals surface area contributed by atoms with Gasteiger partial charge in [0.15, 0.2) is 0 Å². The molecule has 1 aliphatic heterocycles. The van der Waals surface area contributed by atoms with Crippen molar-refractivity contribution < 1.29 is 9.59 Å². The van der Waals surface area contributed by atoms with E-state index in [0.717, 1.165) is 0 Å². The highest BCUT2D eigenvalue weighted by Crippen LogP contribution is 2.09. The molecule has 0 atom stereocenters. The smallest absolute Gasteiger partial charge is 0.278 e. The lowest BCUT2D eigenvalue weighted by molar-refractivity contribution is 0.0677. The van der Waals surface area contributed by atoms with E-state index in [1.165, 1.54) is 0 Å². The number of carbonyl (C=O) groups is 2. The fourth-order valence-corrected chi connectivity index (χ4v) is 1.97. The lowest BCUT2D eigenvalue weighted by atomic mass is 10.2. The zero-order valence-corrected chi connectivity index (χ0v) is 10.1. The molecule has 0 unspecified atom stereocenters. The quantitative estimate of drug-likeness (QED) is 0.754. The van der Waals surface area contributed by atoms with Gasteiger partial charge in [0.25, 0.3) is 11.1 Å². The topological polar surface area (TPSA) is 53.5 Å². The molecule has 0 spiro atoms. The first-order valence-electron chi connectivity index (χ1n) is 5.35. The first-order valence-corrected chi connectivity index (χ1v) is 5.80. The van der Waals surface area contributed by atoms with Gasteiger partial charge < -0.3 is 9.80 Å². The lowest BCUT2D eigenvalue weighted by Crippen LogP contribution is -2.49. The summed E-state index contributed by atoms with van der Waals surface area (Å²) in [7, 11) is 0. The van der Waals surface area contributed by atoms with Gasteiger partial charge in [0.1, 0.15) is 0 Å². The van der Waals surface area contributed by atoms with Crippen LogP contribution in [0.2, 0.25) is 0 Å². The maximum absolute atomic E-state index is 12.0. The van der Waals surface area contributed by atoms with E-state index in [1.54, 1.807) is 34.3 Å². The first-order chi connectivity index (χ1) is 8.18. The Bertz CT molecular complexity index is 416. The first kappa shape index (κ1) is 11.9. The van der Waals surface area contributed by atoms with E-state index in [0.29, 0.717) is 31.7 Å². The molecule has 0 N–H and O–H groups in total. The maximum Gasteiger partial charge on any atom is 0.278 e. The average Bonchev–Trinajstić information content (AvgIpc) is 2.39. The van der Waals surface area contributed by atoms with Crippen LogP contribution in [0, 0.1) is 0 Å². The molecule has 1 saturated heterocycles. The van der Waals surface area contributed by atoms with E-state index in [-0.39, 0.29) is 11.1 Å². The van der Waals surface area contributed by atoms with Gasteiger partial charge >= 0.3 is 0 Å². The normalized spacial score (nSPS) is 15.8. The number of piperazine rings is 1. The number of nitrogens with zero attached hydrogens (tertiary/aromatic N) is 3. The number of hydrogen-bond donors (Lipinski definition) is 1. The summed E-state index contributed by atoms with van der Waals surface area (Å²) in [6, 6.07) is 3.48. The predicted octanol–water partition coefficient (Wildman–Crippen LogP) is 0.889. The fraction of sp³-hybridized carbons (Fsp3) is 0.364. The van der Waals surface area contributed by atoms with Crippen LogP contribution in [0.4, 0.5) is 4.79 Å². The summed E-state index contributed by atoms with van der Waals surface area (Å²) in [5.74, 6) is -0.0376. The maximum atomic E-state index is 12.0. The van der Waals surface area contributed by atoms with E-state index >= 15 is 0 Å². The Morgan fingerprint density at radius 2 is 1.82 bits per heavy atom. The van der Waals surface area contributed by atoms with Crippen molar-refractivity contribution in [1.29, 1.82) is 0 Å². The van der Waals surface area contributed by atoms with Gasteiger partial charge in [-0.2, -0.15) is 0 Å². The summed E-state index contributed by atoms with van der Waals surface area (Å²) in [5, 5.41) is -0.238. The van der Waals surface area contributed by atoms with Crippen LogP contribution >= 0.6 is 12.6 Å². The Morgan fingerprint density at radius 3 is 2.35 bits per heavy atom. The van der Waals surface area contributed by atoms with E-state index < -0.39 is 0 Å². The van der Waals surface area contributed by atoms with Gasteiger partial charge in [-0.05, 0) is 12.1 Å². The van der Waals surface area contributed by atoms with E-state index in [1.807, 2.05) is 0 Å². The molecule has 1 aliphatic rings. The highest BCUT2D eigenvalue weighted by Gasteiger charge is 2.23. The second kappa shape index (κ2) is 5.18. The Kier molecular flexibility index (Phi) is 3.63. The highest BCUT2D eigenvalue weighted by atomic mass is 32.1. The molecule has 17 heavy (non-hydrogen) atoms. The summed E-state index contributed by atoms with van der Waals surface area (Å²) in [4.78, 5) is 30.3. The predicted molar refractivity (Wildman–Crippen MR) is 66.1 cm³/mol. The van der Waals surface area contributed by atoms with Crippen LogP contribution in [0.5, 0.6) is 0 Å². The zero-order valence-electron chi connectivity index (χ0n) is 9.24. The highest BCUT2D eigenvalue weighted by molar-refractivity contribution is 7.96. The second-order valence-electron chi connectivity index (χ2n) is 3.80. The largest absolute Gasteiger partial charge is 0.335 e. The molecule has 2 heterocycles. The van der Waals surface area contributed by atoms with Gasteiger partial charge in [-0.3, -0.25) is 14.6 Å². The number of aromatic nitrogens is 1. The SMILES string of the molecule is O=C(S)N1CCN(C(=O)c2cccnc2)CC1. The van der Waals surface area contributed by atoms with Gasteiger partial charge in [0.2, 0.25) is 0 Å². The molecule has 0 aliphatic carbocycles. The molecule has 2 rings (SSSR count). The van der Waals surface area contributed by atoms with Crippen LogP contribution in [0.25, 0.3) is 0 Å². The van der Waals surface area contributed by atoms with Crippen LogP contribution in [-0.4, -0.2) is 52.1 Å². The minimum Gasteiger partial charge on any atom is -0.335 e. The van der Waals surface area contributed by atoms with Crippen molar-refractivity contribution in [3.8, 4) is 0 Å². The molecule has 0 saturated carbocycles. The number of hydrogen-bond acceptors (Lipinski definition) is 3. The lowest BCUT2D eigenvalue weighted by Gasteiger charge is -2.33. The van der Waals surface area contributed by atoms with Gasteiger partial charge in [-0.1, -0.05) is 12.6 Å². The van der Waals surface area contributed by atoms with E-state index in [9.17, 15) is 9.59 Å². The van der Waals surface area contributed by atoms with Gasteiger partial charge in [0, 0.05) is 38.6 Å². The minimum absolute atomic E-state index is 0.0376. The molecule has 90 valence electrons. The number of amides is 2. The Labute approximate surface area is 105 Å². The molecule has 1 aromatic heterocycles. The monoisotopic (exact) mass is 251 g/mol. The van der Waals surface area contributed by atoms with Crippen LogP contribution in [0.15, 0.2) is 24.5 Å². The van der Waals surface area contributed by atoms with E-state index in [2.05, 4.69) is 17.6 Å². The molecule has 5 nitrogen and oxygen atoms in total. The van der Waals surface area contributed by atoms with Gasteiger partial charge in [0.05, 0.1) is 5.56 Å². The van der Waals surface area contributed by atoms with Crippen LogP contribution < -0.4 is 0 Å². The van der Waals surface area contributed by atoms with Crippen molar-refractivity contribution in [3.63, 3.8) is 0 Å². The van der Waals surface area contributed by atoms with Crippen molar-refractivity contribution in [1.82, 2.24) is 14.8 Å². The number of rotatable bonds is 1. The van der Waals surface area contributed by atoms with Crippen molar-refractivity contribution >= 4 is 23.8 Å². The van der Waals surface area contributed by atoms with Crippen LogP contribution in [-0.2, 0) is 0 Å². The molecular formula is C11H13N3O2S. The molecule has 2 amide bonds. The van der Waals surface area contributed by atoms with Crippen molar-refractivity contribution in [2.45, 2.75) is 0 Å². The summed E-state index contributed by atoms with van der Waals surface area (Å²) in [5.41, 5.74) is 0.582. The molecule has 0 bridgehead atoms. The minimum atomic E-state index is -0.238. The van der Waals surface area contributed by atoms with Crippen molar-refractivity contribution in [2.75, 3.05) is 26.2 Å². The molecular weight excluding hydrogens is 238 g/mol. The molecule has 6 heteroatoms. The number of carbonyl (C=O) groups excluding carboxylic acids is 2. The molecule has 0 aromatic carbocycles. The summed E-state index contributed by atoms with van der Waals surface area (Å²) < 4.78 is 0. The Hall–Kier alpha value is -1.56.